The molecule has 3 heterocycles. The van der Waals surface area contributed by atoms with E-state index in [1.165, 1.54) is 82.0 Å². The number of aliphatic carboxylic acids is 2. The van der Waals surface area contributed by atoms with E-state index in [1.807, 2.05) is 0 Å². The van der Waals surface area contributed by atoms with Crippen molar-refractivity contribution in [3.05, 3.63) is 83.9 Å². The van der Waals surface area contributed by atoms with Crippen LogP contribution in [0.15, 0.2) is 72.8 Å². The molecular weight excluding hydrogens is 450 g/mol. The first kappa shape index (κ1) is 27.7. The fourth-order valence-electron chi connectivity index (χ4n) is 6.01. The third-order valence-electron chi connectivity index (χ3n) is 7.83. The van der Waals surface area contributed by atoms with Gasteiger partial charge in [-0.3, -0.25) is 0 Å². The number of hydrogen-bond donors (Lipinski definition) is 2. The summed E-state index contributed by atoms with van der Waals surface area (Å²) in [6.07, 6.45) is 13.3. The molecule has 1 unspecified atom stereocenters. The molecule has 3 aliphatic heterocycles. The summed E-state index contributed by atoms with van der Waals surface area (Å²) in [6, 6.07) is 23.6. The number of benzene rings is 2. The fourth-order valence-corrected chi connectivity index (χ4v) is 6.01. The van der Waals surface area contributed by atoms with E-state index in [0.29, 0.717) is 12.2 Å². The predicted molar refractivity (Wildman–Crippen MR) is 144 cm³/mol. The van der Waals surface area contributed by atoms with E-state index in [1.54, 1.807) is 0 Å². The Kier molecular flexibility index (Phi) is 10.7. The third kappa shape index (κ3) is 7.79. The highest BCUT2D eigenvalue weighted by atomic mass is 16.4. The summed E-state index contributed by atoms with van der Waals surface area (Å²) < 4.78 is 0. The zero-order valence-electron chi connectivity index (χ0n) is 21.5. The van der Waals surface area contributed by atoms with Crippen LogP contribution in [-0.4, -0.2) is 46.2 Å². The van der Waals surface area contributed by atoms with Gasteiger partial charge in [0.2, 0.25) is 0 Å². The molecule has 0 spiro atoms. The molecule has 36 heavy (non-hydrogen) atoms. The Balaban J connectivity index is 0.000000392. The summed E-state index contributed by atoms with van der Waals surface area (Å²) >= 11 is 0. The lowest BCUT2D eigenvalue weighted by atomic mass is 9.65. The molecule has 194 valence electrons. The van der Waals surface area contributed by atoms with Gasteiger partial charge < -0.3 is 15.1 Å². The van der Waals surface area contributed by atoms with Crippen LogP contribution in [0.4, 0.5) is 0 Å². The van der Waals surface area contributed by atoms with Crippen molar-refractivity contribution in [1.82, 2.24) is 4.90 Å². The molecule has 2 bridgehead atoms. The van der Waals surface area contributed by atoms with Gasteiger partial charge in [-0.25, -0.2) is 9.59 Å². The summed E-state index contributed by atoms with van der Waals surface area (Å²) in [5.74, 6) is -1.54. The van der Waals surface area contributed by atoms with Crippen molar-refractivity contribution in [2.24, 2.45) is 5.92 Å². The second kappa shape index (κ2) is 14.0. The van der Waals surface area contributed by atoms with Crippen LogP contribution in [0.1, 0.15) is 75.8 Å². The molecule has 0 aliphatic carbocycles. The molecule has 3 fully saturated rings. The van der Waals surface area contributed by atoms with Crippen molar-refractivity contribution in [3.63, 3.8) is 0 Å². The molecule has 5 heteroatoms. The maximum absolute atomic E-state index is 9.55. The molecule has 0 radical (unpaired) electrons. The smallest absolute Gasteiger partial charge is 0.328 e. The average Bonchev–Trinajstić information content (AvgIpc) is 2.91. The summed E-state index contributed by atoms with van der Waals surface area (Å²) in [4.78, 5) is 21.9. The number of piperidine rings is 3. The number of carbonyl (C=O) groups is 2. The standard InChI is InChI=1S/C27H37N.C4H4O4/c1-2-3-4-11-18-27(24-12-7-5-8-13-24,25-14-9-6-10-15-25)22-26-21-23-16-19-28(26)20-17-23;5-3(6)1-2-4(7)8/h5-10,12-15,23,26H,2-4,11,16-22H2,1H3;1-2H,(H,5,6)(H,7,8)/b;2-1-. The lowest BCUT2D eigenvalue weighted by Crippen LogP contribution is -2.51. The molecule has 3 aliphatic rings. The third-order valence-corrected chi connectivity index (χ3v) is 7.83. The topological polar surface area (TPSA) is 77.8 Å². The number of unbranched alkanes of at least 4 members (excludes halogenated alkanes) is 3. The van der Waals surface area contributed by atoms with Crippen molar-refractivity contribution in [3.8, 4) is 0 Å². The minimum absolute atomic E-state index is 0.151. The number of carboxylic acid groups (broad SMARTS) is 2. The quantitative estimate of drug-likeness (QED) is 0.276. The van der Waals surface area contributed by atoms with Crippen LogP contribution in [0.5, 0.6) is 0 Å². The maximum Gasteiger partial charge on any atom is 0.328 e. The molecule has 1 atom stereocenters. The Morgan fingerprint density at radius 1 is 0.861 bits per heavy atom. The van der Waals surface area contributed by atoms with Gasteiger partial charge in [0.25, 0.3) is 0 Å². The van der Waals surface area contributed by atoms with Gasteiger partial charge in [-0.2, -0.15) is 0 Å². The molecule has 0 amide bonds. The molecule has 0 saturated carbocycles. The summed E-state index contributed by atoms with van der Waals surface area (Å²) in [5.41, 5.74) is 3.21. The predicted octanol–water partition coefficient (Wildman–Crippen LogP) is 6.53. The lowest BCUT2D eigenvalue weighted by Gasteiger charge is -2.49. The normalized spacial score (nSPS) is 21.1. The molecule has 0 aromatic heterocycles. The van der Waals surface area contributed by atoms with Crippen molar-refractivity contribution >= 4 is 11.9 Å². The minimum Gasteiger partial charge on any atom is -0.478 e. The van der Waals surface area contributed by atoms with Crippen LogP contribution < -0.4 is 0 Å². The first-order valence-corrected chi connectivity index (χ1v) is 13.4. The number of hydrogen-bond acceptors (Lipinski definition) is 3. The summed E-state index contributed by atoms with van der Waals surface area (Å²) in [5, 5.41) is 15.6. The van der Waals surface area contributed by atoms with Gasteiger partial charge in [0.15, 0.2) is 0 Å². The highest BCUT2D eigenvalue weighted by Crippen LogP contribution is 2.45. The minimum atomic E-state index is -1.26. The van der Waals surface area contributed by atoms with E-state index >= 15 is 0 Å². The Morgan fingerprint density at radius 2 is 1.39 bits per heavy atom. The second-order valence-electron chi connectivity index (χ2n) is 10.2. The van der Waals surface area contributed by atoms with Gasteiger partial charge in [0, 0.05) is 23.6 Å². The van der Waals surface area contributed by atoms with Crippen LogP contribution in [-0.2, 0) is 15.0 Å². The Bertz CT molecular complexity index is 909. The molecule has 5 rings (SSSR count). The van der Waals surface area contributed by atoms with Crippen molar-refractivity contribution < 1.29 is 19.8 Å². The van der Waals surface area contributed by atoms with Crippen LogP contribution in [0.2, 0.25) is 0 Å². The monoisotopic (exact) mass is 491 g/mol. The van der Waals surface area contributed by atoms with E-state index in [4.69, 9.17) is 10.2 Å². The number of fused-ring (bicyclic) bond motifs is 3. The van der Waals surface area contributed by atoms with Gasteiger partial charge in [-0.15, -0.1) is 0 Å². The van der Waals surface area contributed by atoms with Gasteiger partial charge in [-0.1, -0.05) is 93.3 Å². The highest BCUT2D eigenvalue weighted by Gasteiger charge is 2.41. The largest absolute Gasteiger partial charge is 0.478 e. The first-order chi connectivity index (χ1) is 17.4. The van der Waals surface area contributed by atoms with Crippen LogP contribution >= 0.6 is 0 Å². The van der Waals surface area contributed by atoms with Gasteiger partial charge in [0.05, 0.1) is 0 Å². The number of nitrogens with zero attached hydrogens (tertiary/aromatic N) is 1. The van der Waals surface area contributed by atoms with Crippen molar-refractivity contribution in [2.75, 3.05) is 13.1 Å². The molecule has 2 aromatic rings. The number of carboxylic acids is 2. The van der Waals surface area contributed by atoms with Gasteiger partial charge in [0.1, 0.15) is 0 Å². The number of rotatable bonds is 11. The SMILES string of the molecule is CCCCCCC(CC1CC2CCN1CC2)(c1ccccc1)c1ccccc1.O=C(O)/C=C\C(=O)O. The molecular formula is C31H41NO4. The Morgan fingerprint density at radius 3 is 1.81 bits per heavy atom. The van der Waals surface area contributed by atoms with Crippen molar-refractivity contribution in [1.29, 1.82) is 0 Å². The molecule has 3 saturated heterocycles. The van der Waals surface area contributed by atoms with Crippen LogP contribution in [0, 0.1) is 5.92 Å². The average molecular weight is 492 g/mol. The van der Waals surface area contributed by atoms with Crippen molar-refractivity contribution in [2.45, 2.75) is 76.2 Å². The van der Waals surface area contributed by atoms with E-state index in [-0.39, 0.29) is 5.41 Å². The van der Waals surface area contributed by atoms with Gasteiger partial charge in [-0.05, 0) is 62.2 Å². The van der Waals surface area contributed by atoms with E-state index in [9.17, 15) is 9.59 Å². The lowest BCUT2D eigenvalue weighted by molar-refractivity contribution is -0.134. The van der Waals surface area contributed by atoms with E-state index in [0.717, 1.165) is 12.0 Å². The van der Waals surface area contributed by atoms with Crippen LogP contribution in [0.25, 0.3) is 0 Å². The molecule has 2 N–H and O–H groups in total. The van der Waals surface area contributed by atoms with Gasteiger partial charge >= 0.3 is 11.9 Å². The van der Waals surface area contributed by atoms with Crippen LogP contribution in [0.3, 0.4) is 0 Å². The highest BCUT2D eigenvalue weighted by molar-refractivity contribution is 5.89. The second-order valence-corrected chi connectivity index (χ2v) is 10.2. The summed E-state index contributed by atoms with van der Waals surface area (Å²) in [6.45, 7) is 4.96. The maximum atomic E-state index is 9.55. The summed E-state index contributed by atoms with van der Waals surface area (Å²) in [7, 11) is 0. The molecule has 5 nitrogen and oxygen atoms in total. The Labute approximate surface area is 215 Å². The van der Waals surface area contributed by atoms with E-state index < -0.39 is 11.9 Å². The zero-order chi connectivity index (χ0) is 25.8. The first-order valence-electron chi connectivity index (χ1n) is 13.4. The zero-order valence-corrected chi connectivity index (χ0v) is 21.5. The Hall–Kier alpha value is -2.92. The molecule has 2 aromatic carbocycles. The van der Waals surface area contributed by atoms with E-state index in [2.05, 4.69) is 72.5 Å². The fraction of sp³-hybridized carbons (Fsp3) is 0.484.